The van der Waals surface area contributed by atoms with E-state index in [0.29, 0.717) is 24.0 Å². The summed E-state index contributed by atoms with van der Waals surface area (Å²) in [6, 6.07) is 12.3. The number of amides is 3. The minimum Gasteiger partial charge on any atom is -0.391 e. The van der Waals surface area contributed by atoms with E-state index in [2.05, 4.69) is 15.4 Å². The number of piperidine rings is 1. The highest BCUT2D eigenvalue weighted by Crippen LogP contribution is 2.27. The molecule has 0 aromatic heterocycles. The molecule has 11 nitrogen and oxygen atoms in total. The van der Waals surface area contributed by atoms with Gasteiger partial charge in [0.15, 0.2) is 0 Å². The van der Waals surface area contributed by atoms with E-state index in [9.17, 15) is 31.9 Å². The van der Waals surface area contributed by atoms with E-state index in [0.717, 1.165) is 12.1 Å². The number of rotatable bonds is 10. The number of nitrogens with two attached hydrogens (primary N) is 1. The lowest BCUT2D eigenvalue weighted by Gasteiger charge is -2.35. The lowest BCUT2D eigenvalue weighted by Crippen LogP contribution is -2.55. The standard InChI is InChI=1S/C33H40F2N6O5S/c1-33(2,3)39-32(44)38-24-10-12-41(13-11-24)31(43)29(15-20-6-4-8-22(14-20)30(36)37)40-47(45,46)25-9-5-7-21(16-25)23-17-27(34)26(19-42)28(35)18-23/h4-9,14,16-18,24,29,40,42H,10-13,15,19H2,1-3H3,(H3,36,37)(H2,38,39,44)/t29-/m0/s1. The number of halogens is 2. The number of aliphatic hydroxyl groups is 1. The third kappa shape index (κ3) is 9.33. The van der Waals surface area contributed by atoms with Gasteiger partial charge in [0.1, 0.15) is 23.5 Å². The number of urea groups is 1. The number of hydrogen-bond acceptors (Lipinski definition) is 6. The highest BCUT2D eigenvalue weighted by molar-refractivity contribution is 7.89. The predicted octanol–water partition coefficient (Wildman–Crippen LogP) is 3.39. The molecule has 47 heavy (non-hydrogen) atoms. The van der Waals surface area contributed by atoms with Gasteiger partial charge >= 0.3 is 6.03 Å². The van der Waals surface area contributed by atoms with Crippen molar-refractivity contribution in [3.05, 3.63) is 89.0 Å². The maximum absolute atomic E-state index is 14.4. The average Bonchev–Trinajstić information content (AvgIpc) is 3.00. The van der Waals surface area contributed by atoms with Crippen molar-refractivity contribution in [1.29, 1.82) is 5.41 Å². The van der Waals surface area contributed by atoms with Gasteiger partial charge in [-0.1, -0.05) is 30.3 Å². The van der Waals surface area contributed by atoms with E-state index >= 15 is 0 Å². The zero-order chi connectivity index (χ0) is 34.5. The van der Waals surface area contributed by atoms with Gasteiger partial charge in [0.25, 0.3) is 0 Å². The monoisotopic (exact) mass is 670 g/mol. The molecule has 252 valence electrons. The number of amidine groups is 1. The summed E-state index contributed by atoms with van der Waals surface area (Å²) in [5.74, 6) is -2.60. The third-order valence-electron chi connectivity index (χ3n) is 7.68. The van der Waals surface area contributed by atoms with Gasteiger partial charge in [0.05, 0.1) is 11.5 Å². The van der Waals surface area contributed by atoms with E-state index in [1.807, 2.05) is 20.8 Å². The van der Waals surface area contributed by atoms with Crippen molar-refractivity contribution in [2.24, 2.45) is 5.73 Å². The van der Waals surface area contributed by atoms with E-state index in [1.54, 1.807) is 29.2 Å². The molecule has 3 amide bonds. The Balaban J connectivity index is 1.58. The van der Waals surface area contributed by atoms with Gasteiger partial charge in [0.2, 0.25) is 15.9 Å². The molecule has 3 aromatic rings. The van der Waals surface area contributed by atoms with Crippen LogP contribution in [0.3, 0.4) is 0 Å². The van der Waals surface area contributed by atoms with Crippen LogP contribution >= 0.6 is 0 Å². The maximum Gasteiger partial charge on any atom is 0.315 e. The van der Waals surface area contributed by atoms with Crippen LogP contribution in [0.25, 0.3) is 11.1 Å². The van der Waals surface area contributed by atoms with Crippen molar-refractivity contribution in [2.45, 2.75) is 69.2 Å². The summed E-state index contributed by atoms with van der Waals surface area (Å²) in [7, 11) is -4.35. The zero-order valence-electron chi connectivity index (χ0n) is 26.4. The number of likely N-dealkylation sites (tertiary alicyclic amines) is 1. The molecule has 0 unspecified atom stereocenters. The van der Waals surface area contributed by atoms with E-state index in [-0.39, 0.29) is 53.4 Å². The minimum absolute atomic E-state index is 0.0515. The molecule has 0 saturated carbocycles. The number of hydrogen-bond donors (Lipinski definition) is 6. The molecule has 1 heterocycles. The average molecular weight is 671 g/mol. The van der Waals surface area contributed by atoms with Gasteiger partial charge in [-0.05, 0) is 87.1 Å². The summed E-state index contributed by atoms with van der Waals surface area (Å²) in [5.41, 5.74) is 5.99. The van der Waals surface area contributed by atoms with Crippen molar-refractivity contribution < 1.29 is 31.9 Å². The first-order valence-electron chi connectivity index (χ1n) is 15.1. The van der Waals surface area contributed by atoms with Crippen LogP contribution in [-0.4, -0.2) is 66.9 Å². The topological polar surface area (TPSA) is 178 Å². The maximum atomic E-state index is 14.4. The Hall–Kier alpha value is -4.40. The number of nitrogen functional groups attached to an aromatic ring is 1. The van der Waals surface area contributed by atoms with Crippen LogP contribution in [0.15, 0.2) is 65.6 Å². The molecule has 1 aliphatic rings. The molecular formula is C33H40F2N6O5S. The molecule has 14 heteroatoms. The van der Waals surface area contributed by atoms with E-state index in [1.165, 1.54) is 24.3 Å². The zero-order valence-corrected chi connectivity index (χ0v) is 27.3. The molecule has 1 fully saturated rings. The Kier molecular flexibility index (Phi) is 11.0. The lowest BCUT2D eigenvalue weighted by atomic mass is 10.0. The van der Waals surface area contributed by atoms with Crippen LogP contribution in [0.2, 0.25) is 0 Å². The first-order valence-corrected chi connectivity index (χ1v) is 16.6. The quantitative estimate of drug-likeness (QED) is 0.142. The van der Waals surface area contributed by atoms with Crippen LogP contribution in [-0.2, 0) is 27.8 Å². The fourth-order valence-corrected chi connectivity index (χ4v) is 6.56. The second-order valence-electron chi connectivity index (χ2n) is 12.5. The summed E-state index contributed by atoms with van der Waals surface area (Å²) in [4.78, 5) is 27.6. The molecule has 3 aromatic carbocycles. The number of nitrogens with one attached hydrogen (secondary N) is 4. The number of carbonyl (C=O) groups excluding carboxylic acids is 2. The largest absolute Gasteiger partial charge is 0.391 e. The van der Waals surface area contributed by atoms with E-state index < -0.39 is 51.3 Å². The summed E-state index contributed by atoms with van der Waals surface area (Å²) < 4.78 is 58.8. The van der Waals surface area contributed by atoms with Crippen molar-refractivity contribution >= 4 is 27.8 Å². The number of carbonyl (C=O) groups is 2. The molecule has 0 aliphatic carbocycles. The number of sulfonamides is 1. The molecule has 0 radical (unpaired) electrons. The van der Waals surface area contributed by atoms with Gasteiger partial charge in [0, 0.05) is 35.8 Å². The van der Waals surface area contributed by atoms with Gasteiger partial charge < -0.3 is 26.4 Å². The number of nitrogens with zero attached hydrogens (tertiary/aromatic N) is 1. The molecule has 0 bridgehead atoms. The molecule has 1 saturated heterocycles. The smallest absolute Gasteiger partial charge is 0.315 e. The lowest BCUT2D eigenvalue weighted by molar-refractivity contribution is -0.134. The number of benzene rings is 3. The minimum atomic E-state index is -4.35. The third-order valence-corrected chi connectivity index (χ3v) is 9.15. The fraction of sp³-hybridized carbons (Fsp3) is 0.364. The molecule has 4 rings (SSSR count). The Morgan fingerprint density at radius 2 is 1.66 bits per heavy atom. The predicted molar refractivity (Wildman–Crippen MR) is 174 cm³/mol. The van der Waals surface area contributed by atoms with Crippen molar-refractivity contribution in [2.75, 3.05) is 13.1 Å². The second kappa shape index (κ2) is 14.6. The summed E-state index contributed by atoms with van der Waals surface area (Å²) in [5, 5.41) is 22.8. The van der Waals surface area contributed by atoms with Gasteiger partial charge in [-0.25, -0.2) is 22.0 Å². The van der Waals surface area contributed by atoms with Gasteiger partial charge in [-0.2, -0.15) is 4.72 Å². The molecule has 1 aliphatic heterocycles. The fourth-order valence-electron chi connectivity index (χ4n) is 5.33. The van der Waals surface area contributed by atoms with Crippen molar-refractivity contribution in [1.82, 2.24) is 20.3 Å². The Morgan fingerprint density at radius 3 is 2.26 bits per heavy atom. The van der Waals surface area contributed by atoms with Crippen LogP contribution in [0.5, 0.6) is 0 Å². The van der Waals surface area contributed by atoms with Crippen LogP contribution in [0.4, 0.5) is 13.6 Å². The Bertz CT molecular complexity index is 1730. The van der Waals surface area contributed by atoms with Gasteiger partial charge in [-0.3, -0.25) is 10.2 Å². The first-order chi connectivity index (χ1) is 22.1. The SMILES string of the molecule is CC(C)(C)NC(=O)NC1CCN(C(=O)[C@H](Cc2cccc(C(=N)N)c2)NS(=O)(=O)c2cccc(-c3cc(F)c(CO)c(F)c3)c2)CC1. The van der Waals surface area contributed by atoms with Crippen LogP contribution in [0, 0.1) is 17.0 Å². The Morgan fingerprint density at radius 1 is 1.02 bits per heavy atom. The molecular weight excluding hydrogens is 630 g/mol. The highest BCUT2D eigenvalue weighted by Gasteiger charge is 2.33. The highest BCUT2D eigenvalue weighted by atomic mass is 32.2. The summed E-state index contributed by atoms with van der Waals surface area (Å²) >= 11 is 0. The molecule has 0 spiro atoms. The molecule has 7 N–H and O–H groups in total. The Labute approximate surface area is 273 Å². The van der Waals surface area contributed by atoms with Crippen LogP contribution in [0.1, 0.15) is 50.3 Å². The normalized spacial score (nSPS) is 14.8. The number of aliphatic hydroxyl groups excluding tert-OH is 1. The van der Waals surface area contributed by atoms with Crippen molar-refractivity contribution in [3.63, 3.8) is 0 Å². The molecule has 1 atom stereocenters. The summed E-state index contributed by atoms with van der Waals surface area (Å²) in [6.07, 6.45) is 0.879. The van der Waals surface area contributed by atoms with Crippen LogP contribution < -0.4 is 21.1 Å². The van der Waals surface area contributed by atoms with E-state index in [4.69, 9.17) is 11.1 Å². The second-order valence-corrected chi connectivity index (χ2v) is 14.3. The van der Waals surface area contributed by atoms with Crippen molar-refractivity contribution in [3.8, 4) is 11.1 Å². The first kappa shape index (κ1) is 35.5. The summed E-state index contributed by atoms with van der Waals surface area (Å²) in [6.45, 7) is 5.33. The van der Waals surface area contributed by atoms with Gasteiger partial charge in [-0.15, -0.1) is 0 Å².